The summed E-state index contributed by atoms with van der Waals surface area (Å²) in [4.78, 5) is 10.0. The first-order valence-corrected chi connectivity index (χ1v) is 4.52. The van der Waals surface area contributed by atoms with E-state index in [9.17, 15) is 10.1 Å². The van der Waals surface area contributed by atoms with E-state index in [2.05, 4.69) is 0 Å². The average molecular weight is 207 g/mol. The molecule has 4 nitrogen and oxygen atoms in total. The van der Waals surface area contributed by atoms with Gasteiger partial charge in [-0.15, -0.1) is 0 Å². The summed E-state index contributed by atoms with van der Waals surface area (Å²) in [5.41, 5.74) is 1.87. The van der Waals surface area contributed by atoms with Crippen LogP contribution in [0.3, 0.4) is 0 Å². The number of methoxy groups -OCH3 is 1. The molecular weight excluding hydrogens is 194 g/mol. The lowest BCUT2D eigenvalue weighted by Crippen LogP contribution is -1.94. The highest BCUT2D eigenvalue weighted by molar-refractivity contribution is 5.59. The van der Waals surface area contributed by atoms with Crippen LogP contribution in [0.1, 0.15) is 18.1 Å². The summed E-state index contributed by atoms with van der Waals surface area (Å²) in [6.07, 6.45) is 1.50. The Labute approximate surface area is 88.3 Å². The molecule has 0 radical (unpaired) electrons. The van der Waals surface area contributed by atoms with Gasteiger partial charge in [0.1, 0.15) is 5.75 Å². The van der Waals surface area contributed by atoms with Crippen LogP contribution < -0.4 is 4.74 Å². The van der Waals surface area contributed by atoms with Gasteiger partial charge in [-0.2, -0.15) is 0 Å². The third kappa shape index (κ3) is 2.80. The maximum absolute atomic E-state index is 10.5. The molecule has 0 aromatic heterocycles. The Balaban J connectivity index is 3.15. The summed E-state index contributed by atoms with van der Waals surface area (Å²) in [6.45, 7) is 3.40. The third-order valence-corrected chi connectivity index (χ3v) is 2.04. The molecule has 0 saturated heterocycles. The molecule has 15 heavy (non-hydrogen) atoms. The van der Waals surface area contributed by atoms with Crippen molar-refractivity contribution >= 4 is 6.08 Å². The Hall–Kier alpha value is -1.84. The Bertz CT molecular complexity index is 410. The number of allylic oxidation sites excluding steroid dienone is 1. The lowest BCUT2D eigenvalue weighted by molar-refractivity contribution is -0.422. The minimum Gasteiger partial charge on any atom is -0.496 e. The second kappa shape index (κ2) is 4.59. The molecule has 0 aliphatic rings. The van der Waals surface area contributed by atoms with Gasteiger partial charge in [-0.25, -0.2) is 0 Å². The first-order valence-electron chi connectivity index (χ1n) is 4.52. The van der Waals surface area contributed by atoms with Crippen LogP contribution in [-0.2, 0) is 0 Å². The molecule has 0 aliphatic carbocycles. The lowest BCUT2D eigenvalue weighted by Gasteiger charge is -2.05. The van der Waals surface area contributed by atoms with Crippen molar-refractivity contribution in [3.05, 3.63) is 45.1 Å². The van der Waals surface area contributed by atoms with Crippen molar-refractivity contribution in [2.45, 2.75) is 13.8 Å². The van der Waals surface area contributed by atoms with Crippen molar-refractivity contribution in [3.8, 4) is 5.75 Å². The summed E-state index contributed by atoms with van der Waals surface area (Å²) < 4.78 is 5.14. The number of hydrogen-bond donors (Lipinski definition) is 0. The summed E-state index contributed by atoms with van der Waals surface area (Å²) in [6, 6.07) is 5.54. The molecule has 0 atom stereocenters. The molecule has 0 unspecified atom stereocenters. The van der Waals surface area contributed by atoms with Crippen molar-refractivity contribution in [2.75, 3.05) is 7.11 Å². The van der Waals surface area contributed by atoms with Crippen molar-refractivity contribution < 1.29 is 9.66 Å². The molecular formula is C11H13NO3. The minimum atomic E-state index is -0.417. The number of hydrogen-bond acceptors (Lipinski definition) is 3. The Morgan fingerprint density at radius 3 is 2.73 bits per heavy atom. The molecule has 0 bridgehead atoms. The summed E-state index contributed by atoms with van der Waals surface area (Å²) in [5.74, 6) is 0.649. The quantitative estimate of drug-likeness (QED) is 0.565. The number of aryl methyl sites for hydroxylation is 1. The Kier molecular flexibility index (Phi) is 3.44. The zero-order chi connectivity index (χ0) is 11.4. The molecule has 0 fully saturated rings. The van der Waals surface area contributed by atoms with Gasteiger partial charge in [-0.05, 0) is 18.6 Å². The molecule has 0 aliphatic heterocycles. The van der Waals surface area contributed by atoms with Gasteiger partial charge in [0.25, 0.3) is 0 Å². The van der Waals surface area contributed by atoms with Gasteiger partial charge in [-0.1, -0.05) is 12.1 Å². The summed E-state index contributed by atoms with van der Waals surface area (Å²) in [5, 5.41) is 10.5. The molecule has 0 spiro atoms. The minimum absolute atomic E-state index is 0.0946. The maximum Gasteiger partial charge on any atom is 0.243 e. The van der Waals surface area contributed by atoms with Gasteiger partial charge in [0.2, 0.25) is 5.70 Å². The van der Waals surface area contributed by atoms with Crippen molar-refractivity contribution in [2.24, 2.45) is 0 Å². The number of ether oxygens (including phenoxy) is 1. The van der Waals surface area contributed by atoms with Gasteiger partial charge >= 0.3 is 0 Å². The van der Waals surface area contributed by atoms with Crippen molar-refractivity contribution in [3.63, 3.8) is 0 Å². The Morgan fingerprint density at radius 1 is 1.53 bits per heavy atom. The highest BCUT2D eigenvalue weighted by Crippen LogP contribution is 2.22. The standard InChI is InChI=1S/C11H13NO3/c1-8-4-5-10(11(6-8)15-3)7-9(2)12(13)14/h4-7H,1-3H3. The van der Waals surface area contributed by atoms with Crippen LogP contribution in [0, 0.1) is 17.0 Å². The molecule has 1 rings (SSSR count). The van der Waals surface area contributed by atoms with E-state index in [1.165, 1.54) is 13.0 Å². The first-order chi connectivity index (χ1) is 7.04. The number of nitrogens with zero attached hydrogens (tertiary/aromatic N) is 1. The van der Waals surface area contributed by atoms with E-state index in [-0.39, 0.29) is 5.70 Å². The second-order valence-corrected chi connectivity index (χ2v) is 3.29. The normalized spacial score (nSPS) is 11.3. The predicted molar refractivity (Wildman–Crippen MR) is 58.4 cm³/mol. The van der Waals surface area contributed by atoms with Crippen LogP contribution in [0.4, 0.5) is 0 Å². The van der Waals surface area contributed by atoms with Gasteiger partial charge < -0.3 is 4.74 Å². The molecule has 1 aromatic carbocycles. The van der Waals surface area contributed by atoms with E-state index in [4.69, 9.17) is 4.74 Å². The maximum atomic E-state index is 10.5. The fourth-order valence-corrected chi connectivity index (χ4v) is 1.22. The zero-order valence-corrected chi connectivity index (χ0v) is 8.98. The van der Waals surface area contributed by atoms with Crippen LogP contribution in [0.25, 0.3) is 6.08 Å². The molecule has 1 aromatic rings. The number of benzene rings is 1. The third-order valence-electron chi connectivity index (χ3n) is 2.04. The second-order valence-electron chi connectivity index (χ2n) is 3.29. The van der Waals surface area contributed by atoms with Crippen LogP contribution in [0.5, 0.6) is 5.75 Å². The largest absolute Gasteiger partial charge is 0.496 e. The fourth-order valence-electron chi connectivity index (χ4n) is 1.22. The van der Waals surface area contributed by atoms with Gasteiger partial charge in [0, 0.05) is 18.6 Å². The molecule has 0 saturated carbocycles. The highest BCUT2D eigenvalue weighted by Gasteiger charge is 2.06. The van der Waals surface area contributed by atoms with Gasteiger partial charge in [0.05, 0.1) is 12.0 Å². The Morgan fingerprint density at radius 2 is 2.20 bits per heavy atom. The SMILES string of the molecule is COc1cc(C)ccc1C=C(C)[N+](=O)[O-]. The molecule has 80 valence electrons. The summed E-state index contributed by atoms with van der Waals surface area (Å²) >= 11 is 0. The first kappa shape index (κ1) is 11.2. The van der Waals surface area contributed by atoms with Crippen LogP contribution in [-0.4, -0.2) is 12.0 Å². The van der Waals surface area contributed by atoms with Gasteiger partial charge in [-0.3, -0.25) is 10.1 Å². The van der Waals surface area contributed by atoms with E-state index in [1.54, 1.807) is 13.2 Å². The topological polar surface area (TPSA) is 52.4 Å². The number of nitro groups is 1. The summed E-state index contributed by atoms with van der Waals surface area (Å²) in [7, 11) is 1.55. The van der Waals surface area contributed by atoms with Crippen LogP contribution >= 0.6 is 0 Å². The van der Waals surface area contributed by atoms with Crippen molar-refractivity contribution in [1.29, 1.82) is 0 Å². The van der Waals surface area contributed by atoms with Crippen LogP contribution in [0.15, 0.2) is 23.9 Å². The smallest absolute Gasteiger partial charge is 0.243 e. The van der Waals surface area contributed by atoms with Gasteiger partial charge in [0.15, 0.2) is 0 Å². The van der Waals surface area contributed by atoms with E-state index in [1.807, 2.05) is 19.1 Å². The molecule has 0 amide bonds. The average Bonchev–Trinajstić information content (AvgIpc) is 2.20. The van der Waals surface area contributed by atoms with E-state index >= 15 is 0 Å². The fraction of sp³-hybridized carbons (Fsp3) is 0.273. The highest BCUT2D eigenvalue weighted by atomic mass is 16.6. The monoisotopic (exact) mass is 207 g/mol. The van der Waals surface area contributed by atoms with E-state index < -0.39 is 4.92 Å². The molecule has 4 heteroatoms. The van der Waals surface area contributed by atoms with Crippen molar-refractivity contribution in [1.82, 2.24) is 0 Å². The predicted octanol–water partition coefficient (Wildman–Crippen LogP) is 2.64. The number of rotatable bonds is 3. The zero-order valence-electron chi connectivity index (χ0n) is 8.98. The lowest BCUT2D eigenvalue weighted by atomic mass is 10.1. The molecule has 0 N–H and O–H groups in total. The molecule has 0 heterocycles. The van der Waals surface area contributed by atoms with E-state index in [0.29, 0.717) is 5.75 Å². The van der Waals surface area contributed by atoms with Crippen LogP contribution in [0.2, 0.25) is 0 Å². The van der Waals surface area contributed by atoms with E-state index in [0.717, 1.165) is 11.1 Å².